The molecule has 1 N–H and O–H groups in total. The molecule has 0 amide bonds. The molecule has 2 aromatic heterocycles. The molecule has 0 radical (unpaired) electrons. The molecule has 0 aliphatic carbocycles. The quantitative estimate of drug-likeness (QED) is 0.755. The lowest BCUT2D eigenvalue weighted by Gasteiger charge is -2.40. The number of aromatic nitrogens is 3. The van der Waals surface area contributed by atoms with Gasteiger partial charge in [-0.1, -0.05) is 0 Å². The van der Waals surface area contributed by atoms with Gasteiger partial charge in [0.05, 0.1) is 5.69 Å². The number of hydrogen-bond acceptors (Lipinski definition) is 4. The van der Waals surface area contributed by atoms with E-state index in [1.807, 2.05) is 23.0 Å². The van der Waals surface area contributed by atoms with Crippen LogP contribution in [0.5, 0.6) is 5.88 Å². The summed E-state index contributed by atoms with van der Waals surface area (Å²) in [6.45, 7) is 1.93. The van der Waals surface area contributed by atoms with Crippen LogP contribution in [-0.2, 0) is 5.60 Å². The topological polar surface area (TPSA) is 52.0 Å². The molecule has 4 heterocycles. The van der Waals surface area contributed by atoms with E-state index < -0.39 is 0 Å². The molecule has 0 bridgehead atoms. The second-order valence-electron chi connectivity index (χ2n) is 4.80. The Morgan fingerprint density at radius 2 is 2.11 bits per heavy atom. The first kappa shape index (κ1) is 10.1. The summed E-state index contributed by atoms with van der Waals surface area (Å²) in [6, 6.07) is 5.96. The number of ether oxygens (including phenoxy) is 1. The van der Waals surface area contributed by atoms with Crippen molar-refractivity contribution in [1.82, 2.24) is 20.1 Å². The third kappa shape index (κ3) is 1.25. The third-order valence-electron chi connectivity index (χ3n) is 3.79. The predicted molar refractivity (Wildman–Crippen MR) is 65.8 cm³/mol. The molecular formula is C13H14N4O. The van der Waals surface area contributed by atoms with E-state index in [2.05, 4.69) is 21.5 Å². The Morgan fingerprint density at radius 1 is 1.22 bits per heavy atom. The fourth-order valence-electron chi connectivity index (χ4n) is 2.89. The molecule has 2 aliphatic rings. The minimum absolute atomic E-state index is 0.261. The molecule has 0 atom stereocenters. The van der Waals surface area contributed by atoms with Gasteiger partial charge in [0.2, 0.25) is 5.88 Å². The van der Waals surface area contributed by atoms with Crippen molar-refractivity contribution in [2.45, 2.75) is 18.4 Å². The van der Waals surface area contributed by atoms with E-state index >= 15 is 0 Å². The van der Waals surface area contributed by atoms with E-state index in [1.165, 1.54) is 0 Å². The number of rotatable bonds is 0. The number of fused-ring (bicyclic) bond motifs is 4. The standard InChI is InChI=1S/C13H14N4O/c1-2-10-12(15-6-1)18-13(4-8-14-9-5-13)11-3-7-16-17(10)11/h1-3,6-7,14H,4-5,8-9H2. The molecule has 1 saturated heterocycles. The predicted octanol–water partition coefficient (Wildman–Crippen LogP) is 1.24. The van der Waals surface area contributed by atoms with Crippen molar-refractivity contribution in [3.63, 3.8) is 0 Å². The lowest BCUT2D eigenvalue weighted by molar-refractivity contribution is 0.0142. The summed E-state index contributed by atoms with van der Waals surface area (Å²) in [4.78, 5) is 4.34. The Kier molecular flexibility index (Phi) is 1.99. The zero-order valence-corrected chi connectivity index (χ0v) is 9.97. The van der Waals surface area contributed by atoms with Gasteiger partial charge in [0, 0.05) is 25.2 Å². The molecule has 0 aromatic carbocycles. The lowest BCUT2D eigenvalue weighted by atomic mass is 9.87. The lowest BCUT2D eigenvalue weighted by Crippen LogP contribution is -2.47. The van der Waals surface area contributed by atoms with E-state index in [4.69, 9.17) is 4.74 Å². The highest BCUT2D eigenvalue weighted by Crippen LogP contribution is 2.42. The van der Waals surface area contributed by atoms with Gasteiger partial charge in [-0.15, -0.1) is 0 Å². The van der Waals surface area contributed by atoms with E-state index in [0.717, 1.165) is 37.3 Å². The molecule has 92 valence electrons. The maximum Gasteiger partial charge on any atom is 0.240 e. The van der Waals surface area contributed by atoms with Crippen molar-refractivity contribution in [3.05, 3.63) is 36.3 Å². The van der Waals surface area contributed by atoms with Crippen molar-refractivity contribution in [1.29, 1.82) is 0 Å². The second kappa shape index (κ2) is 3.55. The average Bonchev–Trinajstić information content (AvgIpc) is 2.90. The molecule has 4 rings (SSSR count). The van der Waals surface area contributed by atoms with Gasteiger partial charge in [0.25, 0.3) is 0 Å². The minimum Gasteiger partial charge on any atom is -0.463 e. The summed E-state index contributed by atoms with van der Waals surface area (Å²) in [6.07, 6.45) is 5.51. The molecule has 18 heavy (non-hydrogen) atoms. The smallest absolute Gasteiger partial charge is 0.240 e. The van der Waals surface area contributed by atoms with Gasteiger partial charge >= 0.3 is 0 Å². The SMILES string of the molecule is c1cnc2c(c1)-n1nccc1C1(CCNCC1)O2. The number of piperidine rings is 1. The Morgan fingerprint density at radius 3 is 3.00 bits per heavy atom. The highest BCUT2D eigenvalue weighted by molar-refractivity contribution is 5.46. The zero-order chi connectivity index (χ0) is 12.0. The van der Waals surface area contributed by atoms with E-state index in [1.54, 1.807) is 6.20 Å². The number of nitrogens with one attached hydrogen (secondary N) is 1. The molecule has 2 aliphatic heterocycles. The number of nitrogens with zero attached hydrogens (tertiary/aromatic N) is 3. The first-order valence-electron chi connectivity index (χ1n) is 6.29. The maximum absolute atomic E-state index is 6.23. The van der Waals surface area contributed by atoms with Crippen LogP contribution < -0.4 is 10.1 Å². The van der Waals surface area contributed by atoms with Crippen LogP contribution in [0.1, 0.15) is 18.5 Å². The molecule has 0 saturated carbocycles. The number of pyridine rings is 1. The molecule has 5 nitrogen and oxygen atoms in total. The molecule has 0 unspecified atom stereocenters. The zero-order valence-electron chi connectivity index (χ0n) is 9.97. The Labute approximate surface area is 105 Å². The third-order valence-corrected chi connectivity index (χ3v) is 3.79. The van der Waals surface area contributed by atoms with Gasteiger partial charge in [-0.25, -0.2) is 9.67 Å². The number of hydrogen-bond donors (Lipinski definition) is 1. The van der Waals surface area contributed by atoms with Crippen LogP contribution in [0, 0.1) is 0 Å². The van der Waals surface area contributed by atoms with Crippen molar-refractivity contribution < 1.29 is 4.74 Å². The molecule has 1 spiro atoms. The van der Waals surface area contributed by atoms with Gasteiger partial charge in [-0.05, 0) is 31.3 Å². The fourth-order valence-corrected chi connectivity index (χ4v) is 2.89. The first-order valence-corrected chi connectivity index (χ1v) is 6.29. The Balaban J connectivity index is 1.92. The molecule has 2 aromatic rings. The first-order chi connectivity index (χ1) is 8.89. The monoisotopic (exact) mass is 242 g/mol. The van der Waals surface area contributed by atoms with Crippen LogP contribution in [0.2, 0.25) is 0 Å². The van der Waals surface area contributed by atoms with Crippen LogP contribution in [0.4, 0.5) is 0 Å². The minimum atomic E-state index is -0.261. The van der Waals surface area contributed by atoms with Crippen LogP contribution in [0.25, 0.3) is 5.69 Å². The average molecular weight is 242 g/mol. The van der Waals surface area contributed by atoms with Gasteiger partial charge in [0.1, 0.15) is 5.69 Å². The largest absolute Gasteiger partial charge is 0.463 e. The van der Waals surface area contributed by atoms with Crippen molar-refractivity contribution in [2.75, 3.05) is 13.1 Å². The Bertz CT molecular complexity index is 586. The second-order valence-corrected chi connectivity index (χ2v) is 4.80. The summed E-state index contributed by atoms with van der Waals surface area (Å²) < 4.78 is 8.20. The summed E-state index contributed by atoms with van der Waals surface area (Å²) in [5.41, 5.74) is 1.81. The van der Waals surface area contributed by atoms with Gasteiger partial charge in [-0.3, -0.25) is 0 Å². The fraction of sp³-hybridized carbons (Fsp3) is 0.385. The van der Waals surface area contributed by atoms with E-state index in [-0.39, 0.29) is 5.60 Å². The maximum atomic E-state index is 6.23. The summed E-state index contributed by atoms with van der Waals surface area (Å²) in [5, 5.41) is 7.80. The van der Waals surface area contributed by atoms with Gasteiger partial charge in [-0.2, -0.15) is 5.10 Å². The van der Waals surface area contributed by atoms with Crippen LogP contribution in [0.3, 0.4) is 0 Å². The summed E-state index contributed by atoms with van der Waals surface area (Å²) >= 11 is 0. The highest BCUT2D eigenvalue weighted by atomic mass is 16.5. The van der Waals surface area contributed by atoms with Gasteiger partial charge < -0.3 is 10.1 Å². The molecule has 1 fully saturated rings. The van der Waals surface area contributed by atoms with Crippen LogP contribution in [-0.4, -0.2) is 27.9 Å². The molecule has 5 heteroatoms. The van der Waals surface area contributed by atoms with Crippen molar-refractivity contribution in [2.24, 2.45) is 0 Å². The van der Waals surface area contributed by atoms with E-state index in [0.29, 0.717) is 5.88 Å². The normalized spacial score (nSPS) is 20.0. The highest BCUT2D eigenvalue weighted by Gasteiger charge is 2.43. The van der Waals surface area contributed by atoms with Crippen molar-refractivity contribution in [3.8, 4) is 11.6 Å². The van der Waals surface area contributed by atoms with Crippen LogP contribution in [0.15, 0.2) is 30.6 Å². The summed E-state index contributed by atoms with van der Waals surface area (Å²) in [7, 11) is 0. The van der Waals surface area contributed by atoms with Crippen molar-refractivity contribution >= 4 is 0 Å². The molecular weight excluding hydrogens is 228 g/mol. The van der Waals surface area contributed by atoms with Crippen LogP contribution >= 0.6 is 0 Å². The van der Waals surface area contributed by atoms with E-state index in [9.17, 15) is 0 Å². The Hall–Kier alpha value is -1.88. The van der Waals surface area contributed by atoms with Gasteiger partial charge in [0.15, 0.2) is 5.60 Å². The summed E-state index contributed by atoms with van der Waals surface area (Å²) in [5.74, 6) is 0.690.